The number of nitrogens with zero attached hydrogens (tertiary/aromatic N) is 6. The van der Waals surface area contributed by atoms with E-state index in [0.29, 0.717) is 29.9 Å². The van der Waals surface area contributed by atoms with Crippen LogP contribution in [0.15, 0.2) is 30.6 Å². The third-order valence-corrected chi connectivity index (χ3v) is 6.46. The minimum Gasteiger partial charge on any atom is -0.444 e. The van der Waals surface area contributed by atoms with Gasteiger partial charge in [-0.05, 0) is 51.5 Å². The summed E-state index contributed by atoms with van der Waals surface area (Å²) in [5, 5.41) is 11.8. The average Bonchev–Trinajstić information content (AvgIpc) is 3.42. The van der Waals surface area contributed by atoms with Gasteiger partial charge in [0.15, 0.2) is 11.6 Å². The van der Waals surface area contributed by atoms with Gasteiger partial charge >= 0.3 is 6.09 Å². The lowest BCUT2D eigenvalue weighted by molar-refractivity contribution is 0.0214. The van der Waals surface area contributed by atoms with E-state index in [1.165, 1.54) is 18.5 Å². The number of benzene rings is 1. The van der Waals surface area contributed by atoms with Gasteiger partial charge in [-0.25, -0.2) is 24.1 Å². The molecule has 0 spiro atoms. The molecule has 0 saturated carbocycles. The Morgan fingerprint density at radius 2 is 2.03 bits per heavy atom. The van der Waals surface area contributed by atoms with E-state index >= 15 is 0 Å². The first-order valence-electron chi connectivity index (χ1n) is 11.2. The molecule has 2 aliphatic heterocycles. The lowest BCUT2D eigenvalue weighted by Crippen LogP contribution is -2.50. The highest BCUT2D eigenvalue weighted by atomic mass is 35.5. The molecule has 2 aliphatic rings. The van der Waals surface area contributed by atoms with E-state index in [0.717, 1.165) is 12.2 Å². The van der Waals surface area contributed by atoms with E-state index in [2.05, 4.69) is 20.2 Å². The van der Waals surface area contributed by atoms with Crippen LogP contribution in [0.2, 0.25) is 5.02 Å². The topological polar surface area (TPSA) is 107 Å². The van der Waals surface area contributed by atoms with Crippen LogP contribution in [0.1, 0.15) is 32.8 Å². The number of carbonyl (C=O) groups excluding carboxylic acids is 1. The highest BCUT2D eigenvalue weighted by Gasteiger charge is 2.47. The smallest absolute Gasteiger partial charge is 0.410 e. The second-order valence-corrected chi connectivity index (χ2v) is 9.99. The van der Waals surface area contributed by atoms with Crippen molar-refractivity contribution >= 4 is 46.1 Å². The number of piperazine rings is 1. The number of amides is 1. The number of halogens is 2. The number of pyridine rings is 1. The Kier molecular flexibility index (Phi) is 5.60. The number of aromatic nitrogens is 3. The van der Waals surface area contributed by atoms with Crippen molar-refractivity contribution in [3.05, 3.63) is 47.0 Å². The quantitative estimate of drug-likeness (QED) is 0.560. The number of nitrogens with one attached hydrogen (secondary N) is 1. The molecule has 1 N–H and O–H groups in total. The maximum absolute atomic E-state index is 14.3. The van der Waals surface area contributed by atoms with Crippen molar-refractivity contribution in [2.45, 2.75) is 44.9 Å². The van der Waals surface area contributed by atoms with Gasteiger partial charge < -0.3 is 19.9 Å². The van der Waals surface area contributed by atoms with Crippen molar-refractivity contribution in [2.75, 3.05) is 23.3 Å². The fourth-order valence-corrected chi connectivity index (χ4v) is 4.74. The van der Waals surface area contributed by atoms with Gasteiger partial charge in [0, 0.05) is 13.1 Å². The van der Waals surface area contributed by atoms with Gasteiger partial charge in [-0.15, -0.1) is 0 Å². The first-order chi connectivity index (χ1) is 16.6. The van der Waals surface area contributed by atoms with E-state index < -0.39 is 11.4 Å². The molecule has 180 valence electrons. The maximum Gasteiger partial charge on any atom is 0.410 e. The molecule has 2 atom stereocenters. The fraction of sp³-hybridized carbons (Fsp3) is 0.375. The molecule has 9 nitrogen and oxygen atoms in total. The molecule has 0 aliphatic carbocycles. The summed E-state index contributed by atoms with van der Waals surface area (Å²) in [6.07, 6.45) is 1.94. The SMILES string of the molecule is CC(C)(C)OC(=O)N1C[C@@H]2C[C@H]1CN2c1ccc2ncnc(Nc3ccc(C#N)c(F)c3Cl)c2n1. The molecule has 2 fully saturated rings. The average molecular weight is 496 g/mol. The van der Waals surface area contributed by atoms with Crippen LogP contribution in [0, 0.1) is 17.1 Å². The number of ether oxygens (including phenoxy) is 1. The predicted octanol–water partition coefficient (Wildman–Crippen LogP) is 4.63. The van der Waals surface area contributed by atoms with Crippen LogP contribution in [0.4, 0.5) is 26.5 Å². The van der Waals surface area contributed by atoms with Crippen LogP contribution in [0.3, 0.4) is 0 Å². The van der Waals surface area contributed by atoms with Crippen LogP contribution >= 0.6 is 11.6 Å². The zero-order valence-electron chi connectivity index (χ0n) is 19.4. The highest BCUT2D eigenvalue weighted by Crippen LogP contribution is 2.36. The van der Waals surface area contributed by atoms with Gasteiger partial charge in [0.05, 0.1) is 28.9 Å². The zero-order valence-corrected chi connectivity index (χ0v) is 20.2. The molecular formula is C24H23ClFN7O2. The molecule has 0 radical (unpaired) electrons. The normalized spacial score (nSPS) is 19.2. The number of rotatable bonds is 3. The second kappa shape index (κ2) is 8.50. The summed E-state index contributed by atoms with van der Waals surface area (Å²) in [7, 11) is 0. The van der Waals surface area contributed by atoms with Crippen molar-refractivity contribution in [3.8, 4) is 6.07 Å². The summed E-state index contributed by atoms with van der Waals surface area (Å²) in [6.45, 7) is 6.79. The lowest BCUT2D eigenvalue weighted by Gasteiger charge is -2.35. The maximum atomic E-state index is 14.3. The Hall–Kier alpha value is -3.71. The molecule has 11 heteroatoms. The minimum atomic E-state index is -0.797. The van der Waals surface area contributed by atoms with Gasteiger partial charge in [0.25, 0.3) is 0 Å². The number of fused-ring (bicyclic) bond motifs is 3. The van der Waals surface area contributed by atoms with E-state index in [1.54, 1.807) is 11.0 Å². The molecule has 0 unspecified atom stereocenters. The Morgan fingerprint density at radius 1 is 1.23 bits per heavy atom. The Bertz CT molecular complexity index is 1370. The van der Waals surface area contributed by atoms with E-state index in [4.69, 9.17) is 26.6 Å². The number of hydrogen-bond donors (Lipinski definition) is 1. The monoisotopic (exact) mass is 495 g/mol. The number of carbonyl (C=O) groups is 1. The summed E-state index contributed by atoms with van der Waals surface area (Å²) in [6, 6.07) is 8.56. The largest absolute Gasteiger partial charge is 0.444 e. The van der Waals surface area contributed by atoms with Gasteiger partial charge in [0.2, 0.25) is 0 Å². The van der Waals surface area contributed by atoms with E-state index in [9.17, 15) is 9.18 Å². The molecule has 35 heavy (non-hydrogen) atoms. The van der Waals surface area contributed by atoms with Crippen molar-refractivity contribution in [1.29, 1.82) is 5.26 Å². The van der Waals surface area contributed by atoms with Gasteiger partial charge in [-0.3, -0.25) is 0 Å². The first-order valence-corrected chi connectivity index (χ1v) is 11.6. The molecular weight excluding hydrogens is 473 g/mol. The van der Waals surface area contributed by atoms with Gasteiger partial charge in [-0.2, -0.15) is 5.26 Å². The number of nitriles is 1. The van der Waals surface area contributed by atoms with Gasteiger partial charge in [-0.1, -0.05) is 11.6 Å². The fourth-order valence-electron chi connectivity index (χ4n) is 4.53. The van der Waals surface area contributed by atoms with Crippen LogP contribution in [-0.2, 0) is 4.74 Å². The third kappa shape index (κ3) is 4.28. The van der Waals surface area contributed by atoms with E-state index in [1.807, 2.05) is 32.9 Å². The lowest BCUT2D eigenvalue weighted by atomic mass is 10.2. The highest BCUT2D eigenvalue weighted by molar-refractivity contribution is 6.33. The van der Waals surface area contributed by atoms with Crippen molar-refractivity contribution in [2.24, 2.45) is 0 Å². The number of anilines is 3. The minimum absolute atomic E-state index is 0.0531. The molecule has 2 bridgehead atoms. The Balaban J connectivity index is 1.40. The predicted molar refractivity (Wildman–Crippen MR) is 129 cm³/mol. The summed E-state index contributed by atoms with van der Waals surface area (Å²) >= 11 is 6.13. The molecule has 2 aromatic heterocycles. The number of likely N-dealkylation sites (tertiary alicyclic amines) is 1. The second-order valence-electron chi connectivity index (χ2n) is 9.61. The van der Waals surface area contributed by atoms with Crippen molar-refractivity contribution < 1.29 is 13.9 Å². The Labute approximate surface area is 206 Å². The van der Waals surface area contributed by atoms with E-state index in [-0.39, 0.29) is 34.5 Å². The molecule has 3 aromatic rings. The van der Waals surface area contributed by atoms with Crippen molar-refractivity contribution in [1.82, 2.24) is 19.9 Å². The first kappa shape index (κ1) is 23.1. The van der Waals surface area contributed by atoms with Crippen molar-refractivity contribution in [3.63, 3.8) is 0 Å². The van der Waals surface area contributed by atoms with Crippen LogP contribution in [-0.4, -0.2) is 56.7 Å². The zero-order chi connectivity index (χ0) is 24.9. The molecule has 1 amide bonds. The molecule has 1 aromatic carbocycles. The van der Waals surface area contributed by atoms with Crippen LogP contribution < -0.4 is 10.2 Å². The summed E-state index contributed by atoms with van der Waals surface area (Å²) in [5.74, 6) is 0.306. The summed E-state index contributed by atoms with van der Waals surface area (Å²) in [4.78, 5) is 29.9. The standard InChI is InChI=1S/C24H23ClFN7O2/c1-24(2,3)35-23(34)33-11-14-8-15(33)10-32(14)18-7-6-17-21(31-18)22(29-12-28-17)30-16-5-4-13(9-27)20(26)19(16)25/h4-7,12,14-15H,8,10-11H2,1-3H3,(H,28,29,30)/t14-,15-/m0/s1. The summed E-state index contributed by atoms with van der Waals surface area (Å²) in [5.41, 5.74) is 0.693. The molecule has 2 saturated heterocycles. The number of hydrogen-bond acceptors (Lipinski definition) is 8. The molecule has 4 heterocycles. The molecule has 5 rings (SSSR count). The van der Waals surface area contributed by atoms with Crippen LogP contribution in [0.5, 0.6) is 0 Å². The third-order valence-electron chi connectivity index (χ3n) is 6.09. The van der Waals surface area contributed by atoms with Crippen LogP contribution in [0.25, 0.3) is 11.0 Å². The van der Waals surface area contributed by atoms with Gasteiger partial charge in [0.1, 0.15) is 34.4 Å². The Morgan fingerprint density at radius 3 is 2.71 bits per heavy atom. The summed E-state index contributed by atoms with van der Waals surface area (Å²) < 4.78 is 19.9.